The summed E-state index contributed by atoms with van der Waals surface area (Å²) in [6.07, 6.45) is 5.75. The SMILES string of the molecule is c1ncnc(Nc2ccc(Nc3ncncn3)cc2)n1. The van der Waals surface area contributed by atoms with Gasteiger partial charge in [0.1, 0.15) is 25.3 Å². The van der Waals surface area contributed by atoms with Gasteiger partial charge in [0.05, 0.1) is 0 Å². The first-order chi connectivity index (χ1) is 9.90. The Morgan fingerprint density at radius 3 is 1.25 bits per heavy atom. The number of aromatic nitrogens is 6. The van der Waals surface area contributed by atoms with Crippen molar-refractivity contribution in [3.8, 4) is 0 Å². The largest absolute Gasteiger partial charge is 0.324 e. The van der Waals surface area contributed by atoms with Crippen LogP contribution in [0.1, 0.15) is 0 Å². The summed E-state index contributed by atoms with van der Waals surface area (Å²) in [7, 11) is 0. The van der Waals surface area contributed by atoms with E-state index in [0.29, 0.717) is 11.9 Å². The number of anilines is 4. The molecule has 1 aromatic carbocycles. The minimum absolute atomic E-state index is 0.498. The van der Waals surface area contributed by atoms with Crippen LogP contribution in [0, 0.1) is 0 Å². The van der Waals surface area contributed by atoms with Gasteiger partial charge in [-0.25, -0.2) is 29.9 Å². The smallest absolute Gasteiger partial charge is 0.230 e. The minimum atomic E-state index is 0.498. The van der Waals surface area contributed by atoms with Crippen molar-refractivity contribution >= 4 is 23.3 Å². The fourth-order valence-electron chi connectivity index (χ4n) is 1.50. The van der Waals surface area contributed by atoms with E-state index in [9.17, 15) is 0 Å². The summed E-state index contributed by atoms with van der Waals surface area (Å²) in [6.45, 7) is 0. The van der Waals surface area contributed by atoms with Gasteiger partial charge < -0.3 is 10.6 Å². The summed E-state index contributed by atoms with van der Waals surface area (Å²) in [5.74, 6) is 0.997. The van der Waals surface area contributed by atoms with Crippen LogP contribution in [0.3, 0.4) is 0 Å². The second kappa shape index (κ2) is 5.65. The zero-order chi connectivity index (χ0) is 13.6. The Balaban J connectivity index is 1.69. The van der Waals surface area contributed by atoms with E-state index in [1.165, 1.54) is 25.3 Å². The maximum Gasteiger partial charge on any atom is 0.230 e. The molecule has 0 aliphatic carbocycles. The molecule has 0 atom stereocenters. The highest BCUT2D eigenvalue weighted by atomic mass is 15.1. The lowest BCUT2D eigenvalue weighted by Gasteiger charge is -2.06. The van der Waals surface area contributed by atoms with Crippen molar-refractivity contribution < 1.29 is 0 Å². The van der Waals surface area contributed by atoms with Crippen LogP contribution in [0.4, 0.5) is 23.3 Å². The number of rotatable bonds is 4. The van der Waals surface area contributed by atoms with E-state index in [0.717, 1.165) is 11.4 Å². The predicted molar refractivity (Wildman–Crippen MR) is 72.7 cm³/mol. The van der Waals surface area contributed by atoms with Gasteiger partial charge in [-0.3, -0.25) is 0 Å². The Hall–Kier alpha value is -3.16. The molecular formula is C12H10N8. The quantitative estimate of drug-likeness (QED) is 0.733. The van der Waals surface area contributed by atoms with Crippen molar-refractivity contribution in [3.05, 3.63) is 49.6 Å². The van der Waals surface area contributed by atoms with Gasteiger partial charge in [-0.15, -0.1) is 0 Å². The molecule has 2 N–H and O–H groups in total. The molecule has 8 nitrogen and oxygen atoms in total. The van der Waals surface area contributed by atoms with E-state index in [-0.39, 0.29) is 0 Å². The van der Waals surface area contributed by atoms with Crippen LogP contribution in [0.5, 0.6) is 0 Å². The summed E-state index contributed by atoms with van der Waals surface area (Å²) in [4.78, 5) is 23.5. The van der Waals surface area contributed by atoms with Crippen LogP contribution in [-0.4, -0.2) is 29.9 Å². The topological polar surface area (TPSA) is 101 Å². The molecule has 0 aliphatic rings. The summed E-state index contributed by atoms with van der Waals surface area (Å²) < 4.78 is 0. The maximum absolute atomic E-state index is 3.99. The second-order valence-corrected chi connectivity index (χ2v) is 3.75. The molecule has 0 radical (unpaired) electrons. The van der Waals surface area contributed by atoms with E-state index in [1.807, 2.05) is 24.3 Å². The Bertz CT molecular complexity index is 596. The highest BCUT2D eigenvalue weighted by molar-refractivity contribution is 5.60. The third-order valence-corrected chi connectivity index (χ3v) is 2.38. The highest BCUT2D eigenvalue weighted by Crippen LogP contribution is 2.17. The second-order valence-electron chi connectivity index (χ2n) is 3.75. The number of nitrogens with one attached hydrogen (secondary N) is 2. The van der Waals surface area contributed by atoms with Crippen molar-refractivity contribution in [3.63, 3.8) is 0 Å². The van der Waals surface area contributed by atoms with E-state index in [1.54, 1.807) is 0 Å². The molecular weight excluding hydrogens is 256 g/mol. The molecule has 3 aromatic rings. The van der Waals surface area contributed by atoms with Crippen LogP contribution in [0.15, 0.2) is 49.6 Å². The Morgan fingerprint density at radius 1 is 0.550 bits per heavy atom. The van der Waals surface area contributed by atoms with Crippen molar-refractivity contribution in [1.29, 1.82) is 0 Å². The molecule has 8 heteroatoms. The normalized spacial score (nSPS) is 10.0. The van der Waals surface area contributed by atoms with Crippen molar-refractivity contribution in [2.24, 2.45) is 0 Å². The summed E-state index contributed by atoms with van der Waals surface area (Å²) >= 11 is 0. The predicted octanol–water partition coefficient (Wildman–Crippen LogP) is 1.54. The standard InChI is InChI=1S/C12H10N8/c1-2-10(20-12-17-7-14-8-18-12)4-3-9(1)19-11-15-5-13-6-16-11/h1-8H,(H,13,15,16,19)(H,14,17,18,20). The Labute approximate surface area is 114 Å². The summed E-state index contributed by atoms with van der Waals surface area (Å²) in [6, 6.07) is 7.58. The number of hydrogen-bond donors (Lipinski definition) is 2. The fraction of sp³-hybridized carbons (Fsp3) is 0. The molecule has 0 bridgehead atoms. The maximum atomic E-state index is 3.99. The molecule has 0 saturated heterocycles. The van der Waals surface area contributed by atoms with Gasteiger partial charge in [0.15, 0.2) is 0 Å². The zero-order valence-corrected chi connectivity index (χ0v) is 10.3. The third kappa shape index (κ3) is 2.99. The molecule has 0 fully saturated rings. The molecule has 20 heavy (non-hydrogen) atoms. The van der Waals surface area contributed by atoms with Crippen LogP contribution in [-0.2, 0) is 0 Å². The molecule has 3 rings (SSSR count). The summed E-state index contributed by atoms with van der Waals surface area (Å²) in [5, 5.41) is 6.13. The lowest BCUT2D eigenvalue weighted by molar-refractivity contribution is 1.05. The first-order valence-electron chi connectivity index (χ1n) is 5.78. The monoisotopic (exact) mass is 266 g/mol. The minimum Gasteiger partial charge on any atom is -0.324 e. The van der Waals surface area contributed by atoms with Gasteiger partial charge in [-0.1, -0.05) is 0 Å². The zero-order valence-electron chi connectivity index (χ0n) is 10.3. The van der Waals surface area contributed by atoms with Crippen molar-refractivity contribution in [1.82, 2.24) is 29.9 Å². The van der Waals surface area contributed by atoms with Gasteiger partial charge in [-0.2, -0.15) is 0 Å². The average molecular weight is 266 g/mol. The van der Waals surface area contributed by atoms with Gasteiger partial charge in [-0.05, 0) is 24.3 Å². The van der Waals surface area contributed by atoms with Gasteiger partial charge >= 0.3 is 0 Å². The van der Waals surface area contributed by atoms with E-state index >= 15 is 0 Å². The fourth-order valence-corrected chi connectivity index (χ4v) is 1.50. The number of benzene rings is 1. The Kier molecular flexibility index (Phi) is 3.36. The number of hydrogen-bond acceptors (Lipinski definition) is 8. The molecule has 0 aliphatic heterocycles. The molecule has 0 unspecified atom stereocenters. The van der Waals surface area contributed by atoms with E-state index in [2.05, 4.69) is 40.5 Å². The van der Waals surface area contributed by atoms with Gasteiger partial charge in [0.2, 0.25) is 11.9 Å². The lowest BCUT2D eigenvalue weighted by atomic mass is 10.3. The highest BCUT2D eigenvalue weighted by Gasteiger charge is 1.99. The van der Waals surface area contributed by atoms with Gasteiger partial charge in [0, 0.05) is 11.4 Å². The first kappa shape index (κ1) is 11.9. The van der Waals surface area contributed by atoms with Crippen LogP contribution >= 0.6 is 0 Å². The molecule has 2 heterocycles. The Morgan fingerprint density at radius 2 is 0.900 bits per heavy atom. The lowest BCUT2D eigenvalue weighted by Crippen LogP contribution is -1.98. The van der Waals surface area contributed by atoms with E-state index in [4.69, 9.17) is 0 Å². The first-order valence-corrected chi connectivity index (χ1v) is 5.78. The van der Waals surface area contributed by atoms with Crippen LogP contribution in [0.25, 0.3) is 0 Å². The van der Waals surface area contributed by atoms with Crippen LogP contribution < -0.4 is 10.6 Å². The molecule has 0 saturated carbocycles. The molecule has 2 aromatic heterocycles. The van der Waals surface area contributed by atoms with Crippen LogP contribution in [0.2, 0.25) is 0 Å². The number of nitrogens with zero attached hydrogens (tertiary/aromatic N) is 6. The van der Waals surface area contributed by atoms with Crippen molar-refractivity contribution in [2.75, 3.05) is 10.6 Å². The molecule has 0 amide bonds. The molecule has 0 spiro atoms. The average Bonchev–Trinajstić information content (AvgIpc) is 2.51. The third-order valence-electron chi connectivity index (χ3n) is 2.38. The summed E-state index contributed by atoms with van der Waals surface area (Å²) in [5.41, 5.74) is 1.75. The molecule has 98 valence electrons. The van der Waals surface area contributed by atoms with Gasteiger partial charge in [0.25, 0.3) is 0 Å². The van der Waals surface area contributed by atoms with Crippen molar-refractivity contribution in [2.45, 2.75) is 0 Å². The van der Waals surface area contributed by atoms with E-state index < -0.39 is 0 Å².